The molecule has 0 saturated carbocycles. The molecule has 1 aromatic heterocycles. The minimum Gasteiger partial charge on any atom is -0.493 e. The number of halogens is 1. The second-order valence-corrected chi connectivity index (χ2v) is 7.51. The van der Waals surface area contributed by atoms with Crippen LogP contribution in [0.5, 0.6) is 5.75 Å². The highest BCUT2D eigenvalue weighted by molar-refractivity contribution is 9.10. The SMILES string of the molecule is CCOc1ccc(C(=O)NC(=S)Nc2nc(-c3ccccc3)cs2)cc1Br. The van der Waals surface area contributed by atoms with Crippen molar-refractivity contribution in [1.82, 2.24) is 10.3 Å². The van der Waals surface area contributed by atoms with E-state index in [-0.39, 0.29) is 11.0 Å². The number of ether oxygens (including phenoxy) is 1. The summed E-state index contributed by atoms with van der Waals surface area (Å²) < 4.78 is 6.16. The highest BCUT2D eigenvalue weighted by Crippen LogP contribution is 2.26. The average Bonchev–Trinajstić information content (AvgIpc) is 3.12. The van der Waals surface area contributed by atoms with Crippen molar-refractivity contribution in [2.24, 2.45) is 0 Å². The van der Waals surface area contributed by atoms with E-state index in [0.29, 0.717) is 27.5 Å². The number of anilines is 1. The molecule has 3 aromatic rings. The molecule has 138 valence electrons. The van der Waals surface area contributed by atoms with Gasteiger partial charge in [-0.2, -0.15) is 0 Å². The van der Waals surface area contributed by atoms with Crippen LogP contribution in [0.1, 0.15) is 17.3 Å². The van der Waals surface area contributed by atoms with E-state index in [0.717, 1.165) is 11.3 Å². The van der Waals surface area contributed by atoms with E-state index in [1.807, 2.05) is 42.6 Å². The average molecular weight is 462 g/mol. The fourth-order valence-corrected chi connectivity index (χ4v) is 3.76. The van der Waals surface area contributed by atoms with Crippen LogP contribution in [0.25, 0.3) is 11.3 Å². The fourth-order valence-electron chi connectivity index (χ4n) is 2.29. The summed E-state index contributed by atoms with van der Waals surface area (Å²) >= 11 is 10.0. The molecule has 3 rings (SSSR count). The van der Waals surface area contributed by atoms with Crippen LogP contribution >= 0.6 is 39.5 Å². The van der Waals surface area contributed by atoms with Crippen LogP contribution in [-0.2, 0) is 0 Å². The lowest BCUT2D eigenvalue weighted by atomic mass is 10.2. The Kier molecular flexibility index (Phi) is 6.54. The Morgan fingerprint density at radius 1 is 1.26 bits per heavy atom. The van der Waals surface area contributed by atoms with Crippen molar-refractivity contribution in [2.75, 3.05) is 11.9 Å². The van der Waals surface area contributed by atoms with Gasteiger partial charge >= 0.3 is 0 Å². The predicted molar refractivity (Wildman–Crippen MR) is 117 cm³/mol. The molecule has 5 nitrogen and oxygen atoms in total. The lowest BCUT2D eigenvalue weighted by Crippen LogP contribution is -2.34. The minimum absolute atomic E-state index is 0.193. The summed E-state index contributed by atoms with van der Waals surface area (Å²) in [6.07, 6.45) is 0. The lowest BCUT2D eigenvalue weighted by Gasteiger charge is -2.09. The van der Waals surface area contributed by atoms with Crippen molar-refractivity contribution in [3.8, 4) is 17.0 Å². The number of nitrogens with one attached hydrogen (secondary N) is 2. The van der Waals surface area contributed by atoms with Crippen LogP contribution in [0.2, 0.25) is 0 Å². The zero-order valence-corrected chi connectivity index (χ0v) is 17.6. The van der Waals surface area contributed by atoms with E-state index in [1.54, 1.807) is 18.2 Å². The molecule has 0 aliphatic rings. The zero-order chi connectivity index (χ0) is 19.2. The maximum atomic E-state index is 12.4. The van der Waals surface area contributed by atoms with Gasteiger partial charge < -0.3 is 10.1 Å². The van der Waals surface area contributed by atoms with Crippen molar-refractivity contribution in [2.45, 2.75) is 6.92 Å². The smallest absolute Gasteiger partial charge is 0.257 e. The lowest BCUT2D eigenvalue weighted by molar-refractivity contribution is 0.0977. The Morgan fingerprint density at radius 2 is 2.04 bits per heavy atom. The van der Waals surface area contributed by atoms with Crippen LogP contribution in [0, 0.1) is 0 Å². The third-order valence-corrected chi connectivity index (χ3v) is 5.10. The number of carbonyl (C=O) groups excluding carboxylic acids is 1. The third-order valence-electron chi connectivity index (χ3n) is 3.52. The molecule has 0 unspecified atom stereocenters. The molecule has 2 aromatic carbocycles. The van der Waals surface area contributed by atoms with E-state index in [1.165, 1.54) is 11.3 Å². The molecular formula is C19H16BrN3O2S2. The molecule has 0 aliphatic carbocycles. The topological polar surface area (TPSA) is 63.2 Å². The molecule has 0 radical (unpaired) electrons. The number of thiocarbonyl (C=S) groups is 1. The normalized spacial score (nSPS) is 10.3. The Hall–Kier alpha value is -2.29. The van der Waals surface area contributed by atoms with Gasteiger partial charge in [0.25, 0.3) is 5.91 Å². The van der Waals surface area contributed by atoms with Crippen LogP contribution in [-0.4, -0.2) is 22.6 Å². The quantitative estimate of drug-likeness (QED) is 0.517. The van der Waals surface area contributed by atoms with Gasteiger partial charge in [0.05, 0.1) is 16.8 Å². The van der Waals surface area contributed by atoms with Gasteiger partial charge in [0.15, 0.2) is 10.2 Å². The van der Waals surface area contributed by atoms with Crippen LogP contribution in [0.15, 0.2) is 58.4 Å². The molecule has 1 amide bonds. The summed E-state index contributed by atoms with van der Waals surface area (Å²) in [6.45, 7) is 2.45. The van der Waals surface area contributed by atoms with Gasteiger partial charge in [0.1, 0.15) is 5.75 Å². The fraction of sp³-hybridized carbons (Fsp3) is 0.105. The number of aromatic nitrogens is 1. The van der Waals surface area contributed by atoms with E-state index >= 15 is 0 Å². The second kappa shape index (κ2) is 9.07. The number of benzene rings is 2. The number of hydrogen-bond acceptors (Lipinski definition) is 5. The van der Waals surface area contributed by atoms with Gasteiger partial charge in [-0.3, -0.25) is 10.1 Å². The molecule has 0 fully saturated rings. The number of carbonyl (C=O) groups is 1. The summed E-state index contributed by atoms with van der Waals surface area (Å²) in [5.41, 5.74) is 2.35. The molecule has 0 atom stereocenters. The second-order valence-electron chi connectivity index (χ2n) is 5.39. The van der Waals surface area contributed by atoms with E-state index in [4.69, 9.17) is 17.0 Å². The summed E-state index contributed by atoms with van der Waals surface area (Å²) in [6, 6.07) is 15.0. The third kappa shape index (κ3) is 5.12. The Morgan fingerprint density at radius 3 is 2.74 bits per heavy atom. The van der Waals surface area contributed by atoms with Crippen LogP contribution in [0.4, 0.5) is 5.13 Å². The maximum Gasteiger partial charge on any atom is 0.257 e. The largest absolute Gasteiger partial charge is 0.493 e. The summed E-state index contributed by atoms with van der Waals surface area (Å²) in [5, 5.41) is 8.36. The molecule has 27 heavy (non-hydrogen) atoms. The summed E-state index contributed by atoms with van der Waals surface area (Å²) in [4.78, 5) is 16.9. The Balaban J connectivity index is 1.62. The molecule has 0 aliphatic heterocycles. The highest BCUT2D eigenvalue weighted by Gasteiger charge is 2.12. The highest BCUT2D eigenvalue weighted by atomic mass is 79.9. The number of amides is 1. The maximum absolute atomic E-state index is 12.4. The van der Waals surface area contributed by atoms with E-state index in [2.05, 4.69) is 31.5 Å². The van der Waals surface area contributed by atoms with Gasteiger partial charge in [-0.1, -0.05) is 30.3 Å². The van der Waals surface area contributed by atoms with Gasteiger partial charge in [0, 0.05) is 16.5 Å². The minimum atomic E-state index is -0.309. The van der Waals surface area contributed by atoms with Crippen molar-refractivity contribution in [1.29, 1.82) is 0 Å². The predicted octanol–water partition coefficient (Wildman–Crippen LogP) is 5.10. The molecule has 0 bridgehead atoms. The first-order valence-electron chi connectivity index (χ1n) is 8.12. The first kappa shape index (κ1) is 19.5. The standard InChI is InChI=1S/C19H16BrN3O2S2/c1-2-25-16-9-8-13(10-14(16)20)17(24)22-18(26)23-19-21-15(11-27-19)12-6-4-3-5-7-12/h3-11H,2H2,1H3,(H2,21,22,23,24,26). The Labute approximate surface area is 174 Å². The molecule has 8 heteroatoms. The monoisotopic (exact) mass is 461 g/mol. The van der Waals surface area contributed by atoms with E-state index < -0.39 is 0 Å². The van der Waals surface area contributed by atoms with Crippen molar-refractivity contribution in [3.05, 3.63) is 63.9 Å². The summed E-state index contributed by atoms with van der Waals surface area (Å²) in [5.74, 6) is 0.377. The van der Waals surface area contributed by atoms with Gasteiger partial charge in [0.2, 0.25) is 0 Å². The first-order chi connectivity index (χ1) is 13.1. The number of nitrogens with zero attached hydrogens (tertiary/aromatic N) is 1. The number of rotatable bonds is 5. The summed E-state index contributed by atoms with van der Waals surface area (Å²) in [7, 11) is 0. The molecule has 2 N–H and O–H groups in total. The van der Waals surface area contributed by atoms with Gasteiger partial charge in [-0.05, 0) is 53.3 Å². The van der Waals surface area contributed by atoms with Crippen molar-refractivity contribution < 1.29 is 9.53 Å². The van der Waals surface area contributed by atoms with Gasteiger partial charge in [-0.25, -0.2) is 4.98 Å². The number of thiazole rings is 1. The molecule has 0 saturated heterocycles. The molecule has 0 spiro atoms. The van der Waals surface area contributed by atoms with Crippen LogP contribution < -0.4 is 15.4 Å². The van der Waals surface area contributed by atoms with Gasteiger partial charge in [-0.15, -0.1) is 11.3 Å². The van der Waals surface area contributed by atoms with Crippen molar-refractivity contribution in [3.63, 3.8) is 0 Å². The molecular weight excluding hydrogens is 446 g/mol. The first-order valence-corrected chi connectivity index (χ1v) is 10.2. The van der Waals surface area contributed by atoms with E-state index in [9.17, 15) is 4.79 Å². The van der Waals surface area contributed by atoms with Crippen molar-refractivity contribution >= 4 is 55.6 Å². The number of hydrogen-bond donors (Lipinski definition) is 2. The molecule has 1 heterocycles. The zero-order valence-electron chi connectivity index (χ0n) is 14.4. The Bertz CT molecular complexity index is 961. The van der Waals surface area contributed by atoms with Crippen LogP contribution in [0.3, 0.4) is 0 Å².